The molecule has 1 rings (SSSR count). The molecule has 0 N–H and O–H groups in total. The summed E-state index contributed by atoms with van der Waals surface area (Å²) >= 11 is 4.80. The molecule has 1 aromatic rings. The van der Waals surface area contributed by atoms with Gasteiger partial charge in [0, 0.05) is 20.1 Å². The molecule has 0 unspecified atom stereocenters. The maximum absolute atomic E-state index is 11.0. The predicted octanol–water partition coefficient (Wildman–Crippen LogP) is 3.24. The number of halogens is 2. The molecule has 0 amide bonds. The maximum Gasteiger partial charge on any atom is 0.236 e. The van der Waals surface area contributed by atoms with Gasteiger partial charge in [0.2, 0.25) is 9.05 Å². The van der Waals surface area contributed by atoms with Crippen molar-refractivity contribution in [2.75, 3.05) is 6.26 Å². The monoisotopic (exact) mass is 314 g/mol. The fourth-order valence-corrected chi connectivity index (χ4v) is 3.58. The first-order chi connectivity index (χ1) is 6.44. The van der Waals surface area contributed by atoms with Gasteiger partial charge in [-0.05, 0) is 24.0 Å². The highest BCUT2D eigenvalue weighted by Crippen LogP contribution is 2.29. The second-order valence-corrected chi connectivity index (χ2v) is 7.08. The molecule has 0 bridgehead atoms. The van der Waals surface area contributed by atoms with Crippen LogP contribution in [0.1, 0.15) is 5.56 Å². The highest BCUT2D eigenvalue weighted by Gasteiger charge is 2.13. The SMILES string of the molecule is CSc1cccc(Br)c1CS(=O)(=O)Cl. The van der Waals surface area contributed by atoms with Crippen LogP contribution in [0.2, 0.25) is 0 Å². The Morgan fingerprint density at radius 2 is 2.14 bits per heavy atom. The second kappa shape index (κ2) is 4.88. The molecule has 6 heteroatoms. The van der Waals surface area contributed by atoms with Gasteiger partial charge in [-0.15, -0.1) is 11.8 Å². The van der Waals surface area contributed by atoms with Gasteiger partial charge in [-0.25, -0.2) is 8.42 Å². The summed E-state index contributed by atoms with van der Waals surface area (Å²) in [5.41, 5.74) is 0.718. The van der Waals surface area contributed by atoms with Crippen molar-refractivity contribution in [3.8, 4) is 0 Å². The average molecular weight is 316 g/mol. The van der Waals surface area contributed by atoms with E-state index in [0.29, 0.717) is 0 Å². The zero-order valence-electron chi connectivity index (χ0n) is 7.33. The van der Waals surface area contributed by atoms with Gasteiger partial charge in [0.25, 0.3) is 0 Å². The molecule has 0 fully saturated rings. The van der Waals surface area contributed by atoms with E-state index in [1.165, 1.54) is 11.8 Å². The lowest BCUT2D eigenvalue weighted by atomic mass is 10.2. The molecule has 0 aromatic heterocycles. The fourth-order valence-electron chi connectivity index (χ4n) is 1.04. The smallest absolute Gasteiger partial charge is 0.212 e. The minimum absolute atomic E-state index is 0.147. The number of hydrogen-bond donors (Lipinski definition) is 0. The van der Waals surface area contributed by atoms with E-state index in [1.807, 2.05) is 18.4 Å². The highest BCUT2D eigenvalue weighted by molar-refractivity contribution is 9.10. The van der Waals surface area contributed by atoms with Crippen LogP contribution in [-0.4, -0.2) is 14.7 Å². The molecular weight excluding hydrogens is 308 g/mol. The standard InChI is InChI=1S/C8H8BrClO2S2/c1-13-8-4-2-3-7(9)6(8)5-14(10,11)12/h2-4H,5H2,1H3. The van der Waals surface area contributed by atoms with Gasteiger partial charge in [-0.1, -0.05) is 22.0 Å². The summed E-state index contributed by atoms with van der Waals surface area (Å²) < 4.78 is 22.7. The molecule has 0 heterocycles. The third-order valence-corrected chi connectivity index (χ3v) is 4.14. The molecule has 0 aliphatic heterocycles. The van der Waals surface area contributed by atoms with E-state index in [1.54, 1.807) is 6.07 Å². The molecule has 0 aliphatic rings. The fraction of sp³-hybridized carbons (Fsp3) is 0.250. The molecule has 0 radical (unpaired) electrons. The van der Waals surface area contributed by atoms with E-state index >= 15 is 0 Å². The lowest BCUT2D eigenvalue weighted by molar-refractivity contribution is 0.608. The number of benzene rings is 1. The van der Waals surface area contributed by atoms with E-state index in [2.05, 4.69) is 15.9 Å². The molecule has 1 aromatic carbocycles. The van der Waals surface area contributed by atoms with Gasteiger partial charge in [0.05, 0.1) is 5.75 Å². The molecule has 78 valence electrons. The molecule has 0 aliphatic carbocycles. The van der Waals surface area contributed by atoms with Gasteiger partial charge in [-0.2, -0.15) is 0 Å². The second-order valence-electron chi connectivity index (χ2n) is 2.60. The van der Waals surface area contributed by atoms with Crippen molar-refractivity contribution in [3.05, 3.63) is 28.2 Å². The van der Waals surface area contributed by atoms with Crippen LogP contribution >= 0.6 is 38.4 Å². The summed E-state index contributed by atoms with van der Waals surface area (Å²) in [5, 5.41) is 0. The Morgan fingerprint density at radius 3 is 2.64 bits per heavy atom. The highest BCUT2D eigenvalue weighted by atomic mass is 79.9. The summed E-state index contributed by atoms with van der Waals surface area (Å²) in [7, 11) is 1.71. The van der Waals surface area contributed by atoms with Crippen molar-refractivity contribution in [1.82, 2.24) is 0 Å². The molecule has 0 spiro atoms. The van der Waals surface area contributed by atoms with Gasteiger partial charge >= 0.3 is 0 Å². The van der Waals surface area contributed by atoms with Gasteiger partial charge in [0.1, 0.15) is 0 Å². The summed E-state index contributed by atoms with van der Waals surface area (Å²) in [6, 6.07) is 5.53. The molecule has 2 nitrogen and oxygen atoms in total. The first-order valence-corrected chi connectivity index (χ1v) is 8.17. The third-order valence-electron chi connectivity index (χ3n) is 1.61. The first kappa shape index (κ1) is 12.4. The molecule has 0 saturated carbocycles. The van der Waals surface area contributed by atoms with Crippen molar-refractivity contribution in [3.63, 3.8) is 0 Å². The quantitative estimate of drug-likeness (QED) is 0.634. The van der Waals surface area contributed by atoms with Crippen LogP contribution in [0.25, 0.3) is 0 Å². The Kier molecular flexibility index (Phi) is 4.30. The Morgan fingerprint density at radius 1 is 1.50 bits per heavy atom. The topological polar surface area (TPSA) is 34.1 Å². The van der Waals surface area contributed by atoms with E-state index in [-0.39, 0.29) is 5.75 Å². The Hall–Kier alpha value is 0.290. The average Bonchev–Trinajstić information content (AvgIpc) is 2.06. The van der Waals surface area contributed by atoms with Crippen molar-refractivity contribution >= 4 is 47.4 Å². The van der Waals surface area contributed by atoms with Crippen molar-refractivity contribution < 1.29 is 8.42 Å². The summed E-state index contributed by atoms with van der Waals surface area (Å²) in [5.74, 6) is -0.147. The van der Waals surface area contributed by atoms with Crippen LogP contribution in [-0.2, 0) is 14.8 Å². The Bertz CT molecular complexity index is 431. The molecule has 0 saturated heterocycles. The van der Waals surface area contributed by atoms with Crippen molar-refractivity contribution in [1.29, 1.82) is 0 Å². The lowest BCUT2D eigenvalue weighted by Gasteiger charge is -2.07. The summed E-state index contributed by atoms with van der Waals surface area (Å²) in [6.07, 6.45) is 1.89. The number of rotatable bonds is 3. The van der Waals surface area contributed by atoms with Crippen molar-refractivity contribution in [2.24, 2.45) is 0 Å². The minimum atomic E-state index is -3.50. The zero-order valence-corrected chi connectivity index (χ0v) is 11.3. The summed E-state index contributed by atoms with van der Waals surface area (Å²) in [6.45, 7) is 0. The van der Waals surface area contributed by atoms with Crippen LogP contribution in [0.3, 0.4) is 0 Å². The maximum atomic E-state index is 11.0. The van der Waals surface area contributed by atoms with E-state index in [9.17, 15) is 8.42 Å². The Labute approximate surface area is 101 Å². The largest absolute Gasteiger partial charge is 0.236 e. The number of thioether (sulfide) groups is 1. The molecule has 14 heavy (non-hydrogen) atoms. The summed E-state index contributed by atoms with van der Waals surface area (Å²) in [4.78, 5) is 0.920. The van der Waals surface area contributed by atoms with Crippen LogP contribution in [0.4, 0.5) is 0 Å². The van der Waals surface area contributed by atoms with E-state index < -0.39 is 9.05 Å². The minimum Gasteiger partial charge on any atom is -0.212 e. The van der Waals surface area contributed by atoms with Crippen LogP contribution < -0.4 is 0 Å². The predicted molar refractivity (Wildman–Crippen MR) is 64.4 cm³/mol. The van der Waals surface area contributed by atoms with E-state index in [0.717, 1.165) is 14.9 Å². The van der Waals surface area contributed by atoms with Gasteiger partial charge in [-0.3, -0.25) is 0 Å². The lowest BCUT2D eigenvalue weighted by Crippen LogP contribution is -1.98. The normalized spacial score (nSPS) is 11.6. The third kappa shape index (κ3) is 3.46. The van der Waals surface area contributed by atoms with E-state index in [4.69, 9.17) is 10.7 Å². The zero-order chi connectivity index (χ0) is 10.8. The van der Waals surface area contributed by atoms with Crippen LogP contribution in [0.15, 0.2) is 27.6 Å². The van der Waals surface area contributed by atoms with Crippen LogP contribution in [0, 0.1) is 0 Å². The first-order valence-electron chi connectivity index (χ1n) is 3.68. The van der Waals surface area contributed by atoms with Gasteiger partial charge in [0.15, 0.2) is 0 Å². The Balaban J connectivity index is 3.18. The molecule has 0 atom stereocenters. The molecular formula is C8H8BrClO2S2. The van der Waals surface area contributed by atoms with Crippen molar-refractivity contribution in [2.45, 2.75) is 10.6 Å². The number of hydrogen-bond acceptors (Lipinski definition) is 3. The van der Waals surface area contributed by atoms with Gasteiger partial charge < -0.3 is 0 Å². The van der Waals surface area contributed by atoms with Crippen LogP contribution in [0.5, 0.6) is 0 Å².